The lowest BCUT2D eigenvalue weighted by Gasteiger charge is -2.26. The molecule has 0 saturated carbocycles. The predicted molar refractivity (Wildman–Crippen MR) is 131 cm³/mol. The fourth-order valence-corrected chi connectivity index (χ4v) is 3.81. The van der Waals surface area contributed by atoms with Crippen LogP contribution in [0.25, 0.3) is 0 Å². The summed E-state index contributed by atoms with van der Waals surface area (Å²) in [6.45, 7) is 13.9. The van der Waals surface area contributed by atoms with Crippen LogP contribution < -0.4 is 10.2 Å². The van der Waals surface area contributed by atoms with Crippen LogP contribution in [-0.2, 0) is 23.7 Å². The predicted octanol–water partition coefficient (Wildman–Crippen LogP) is 3.77. The molecule has 1 aromatic rings. The average molecular weight is 492 g/mol. The van der Waals surface area contributed by atoms with Gasteiger partial charge in [0, 0.05) is 18.1 Å². The zero-order valence-electron chi connectivity index (χ0n) is 21.8. The van der Waals surface area contributed by atoms with Gasteiger partial charge < -0.3 is 34.1 Å². The first-order valence-corrected chi connectivity index (χ1v) is 11.5. The Labute approximate surface area is 207 Å². The smallest absolute Gasteiger partial charge is 0.467 e. The minimum atomic E-state index is -1.25. The van der Waals surface area contributed by atoms with Crippen LogP contribution in [0.2, 0.25) is 0 Å². The molecule has 0 saturated heterocycles. The molecule has 1 aliphatic rings. The quantitative estimate of drug-likeness (QED) is 0.429. The topological polar surface area (TPSA) is 107 Å². The number of hydrogen-bond donors (Lipinski definition) is 1. The molecule has 35 heavy (non-hydrogen) atoms. The zero-order valence-corrected chi connectivity index (χ0v) is 21.8. The Balaban J connectivity index is 1.83. The first-order valence-electron chi connectivity index (χ1n) is 11.5. The van der Waals surface area contributed by atoms with E-state index in [9.17, 15) is 14.4 Å². The highest BCUT2D eigenvalue weighted by atomic mass is 16.7. The van der Waals surface area contributed by atoms with Crippen LogP contribution in [0.4, 0.5) is 15.3 Å². The fourth-order valence-electron chi connectivity index (χ4n) is 3.81. The Kier molecular flexibility index (Phi) is 9.39. The Bertz CT molecular complexity index is 932. The third-order valence-corrected chi connectivity index (χ3v) is 5.19. The highest BCUT2D eigenvalue weighted by molar-refractivity contribution is 5.82. The maximum atomic E-state index is 12.2. The third kappa shape index (κ3) is 8.38. The summed E-state index contributed by atoms with van der Waals surface area (Å²) in [4.78, 5) is 40.5. The lowest BCUT2D eigenvalue weighted by atomic mass is 10.0. The molecular weight excluding hydrogens is 454 g/mol. The molecule has 0 radical (unpaired) electrons. The summed E-state index contributed by atoms with van der Waals surface area (Å²) in [5, 5.41) is 2.37. The summed E-state index contributed by atoms with van der Waals surface area (Å²) in [7, 11) is 1.17. The van der Waals surface area contributed by atoms with Crippen molar-refractivity contribution < 1.29 is 33.3 Å². The molecule has 10 heteroatoms. The number of methoxy groups -OCH3 is 1. The molecular formula is C25H37N3O7. The van der Waals surface area contributed by atoms with E-state index in [2.05, 4.69) is 43.1 Å². The molecule has 0 unspecified atom stereocenters. The Morgan fingerprint density at radius 1 is 1.09 bits per heavy atom. The summed E-state index contributed by atoms with van der Waals surface area (Å²) in [5.41, 5.74) is 4.02. The largest absolute Gasteiger partial charge is 0.508 e. The van der Waals surface area contributed by atoms with Crippen molar-refractivity contribution in [2.45, 2.75) is 66.2 Å². The van der Waals surface area contributed by atoms with Gasteiger partial charge in [0.1, 0.15) is 18.3 Å². The first kappa shape index (κ1) is 27.8. The Morgan fingerprint density at radius 3 is 2.29 bits per heavy atom. The minimum absolute atomic E-state index is 0.0813. The fraction of sp³-hybridized carbons (Fsp3) is 0.560. The molecule has 1 aliphatic heterocycles. The molecule has 0 fully saturated rings. The minimum Gasteiger partial charge on any atom is -0.467 e. The number of nitrogens with one attached hydrogen (secondary N) is 1. The van der Waals surface area contributed by atoms with Gasteiger partial charge >= 0.3 is 18.2 Å². The molecule has 0 aliphatic carbocycles. The van der Waals surface area contributed by atoms with Gasteiger partial charge in [-0.05, 0) is 59.6 Å². The van der Waals surface area contributed by atoms with Crippen molar-refractivity contribution in [2.75, 3.05) is 31.8 Å². The Morgan fingerprint density at radius 2 is 1.71 bits per heavy atom. The number of rotatable bonds is 8. The lowest BCUT2D eigenvalue weighted by Crippen LogP contribution is -2.51. The molecule has 1 aromatic carbocycles. The highest BCUT2D eigenvalue weighted by Crippen LogP contribution is 2.28. The van der Waals surface area contributed by atoms with Gasteiger partial charge in [0.25, 0.3) is 0 Å². The first-order chi connectivity index (χ1) is 16.3. The van der Waals surface area contributed by atoms with Gasteiger partial charge in [-0.2, -0.15) is 0 Å². The number of anilines is 1. The van der Waals surface area contributed by atoms with E-state index in [0.717, 1.165) is 5.69 Å². The number of hydrogen-bond acceptors (Lipinski definition) is 9. The van der Waals surface area contributed by atoms with Crippen molar-refractivity contribution >= 4 is 23.9 Å². The van der Waals surface area contributed by atoms with E-state index in [-0.39, 0.29) is 6.61 Å². The van der Waals surface area contributed by atoms with Gasteiger partial charge in [-0.1, -0.05) is 17.7 Å². The molecule has 1 N–H and O–H groups in total. The molecule has 0 aromatic heterocycles. The lowest BCUT2D eigenvalue weighted by molar-refractivity contribution is -0.146. The molecule has 0 bridgehead atoms. The van der Waals surface area contributed by atoms with E-state index in [1.807, 2.05) is 17.3 Å². The normalized spacial score (nSPS) is 14.9. The number of amides is 1. The molecule has 1 heterocycles. The molecule has 1 amide bonds. The van der Waals surface area contributed by atoms with Crippen molar-refractivity contribution in [1.29, 1.82) is 0 Å². The number of benzene rings is 1. The van der Waals surface area contributed by atoms with E-state index in [1.165, 1.54) is 30.7 Å². The van der Waals surface area contributed by atoms with Crippen LogP contribution in [0, 0.1) is 20.8 Å². The SMILES string of the molecule is COC(=O)[C@H](NC(=O)OC(C)(C)C)[C@H](C)OC(=O)OCCN1C=CN(c2c(C)cc(C)cc2C)C1. The molecule has 2 rings (SSSR count). The second-order valence-electron chi connectivity index (χ2n) is 9.54. The van der Waals surface area contributed by atoms with Gasteiger partial charge in [-0.15, -0.1) is 0 Å². The van der Waals surface area contributed by atoms with Crippen molar-refractivity contribution in [2.24, 2.45) is 0 Å². The standard InChI is InChI=1S/C25H37N3O7/c1-16-13-17(2)21(18(3)14-16)28-10-9-27(15-28)11-12-33-24(31)34-19(4)20(22(29)32-8)26-23(30)35-25(5,6)7/h9-10,13-14,19-20H,11-12,15H2,1-8H3,(H,26,30)/t19-,20+/m0/s1. The number of carbonyl (C=O) groups excluding carboxylic acids is 3. The molecule has 194 valence electrons. The third-order valence-electron chi connectivity index (χ3n) is 5.19. The van der Waals surface area contributed by atoms with Crippen molar-refractivity contribution in [1.82, 2.24) is 10.2 Å². The van der Waals surface area contributed by atoms with Crippen LogP contribution in [0.3, 0.4) is 0 Å². The summed E-state index contributed by atoms with van der Waals surface area (Å²) < 4.78 is 20.2. The van der Waals surface area contributed by atoms with Gasteiger partial charge in [0.2, 0.25) is 0 Å². The molecule has 10 nitrogen and oxygen atoms in total. The number of esters is 1. The highest BCUT2D eigenvalue weighted by Gasteiger charge is 2.33. The van der Waals surface area contributed by atoms with Gasteiger partial charge in [0.15, 0.2) is 6.04 Å². The second kappa shape index (κ2) is 11.8. The Hall–Kier alpha value is -3.43. The van der Waals surface area contributed by atoms with Crippen LogP contribution in [0.1, 0.15) is 44.4 Å². The maximum Gasteiger partial charge on any atom is 0.508 e. The summed E-state index contributed by atoms with van der Waals surface area (Å²) in [5.74, 6) is -0.778. The van der Waals surface area contributed by atoms with Crippen molar-refractivity contribution in [3.05, 3.63) is 41.2 Å². The molecule has 0 spiro atoms. The number of alkyl carbamates (subject to hydrolysis) is 1. The summed E-state index contributed by atoms with van der Waals surface area (Å²) in [6, 6.07) is 3.05. The van der Waals surface area contributed by atoms with Crippen molar-refractivity contribution in [3.63, 3.8) is 0 Å². The van der Waals surface area contributed by atoms with Gasteiger partial charge in [-0.25, -0.2) is 14.4 Å². The van der Waals surface area contributed by atoms with Crippen LogP contribution in [0.15, 0.2) is 24.5 Å². The summed E-state index contributed by atoms with van der Waals surface area (Å²) in [6.07, 6.45) is 1.10. The monoisotopic (exact) mass is 491 g/mol. The van der Waals surface area contributed by atoms with E-state index >= 15 is 0 Å². The molecule has 2 atom stereocenters. The van der Waals surface area contributed by atoms with Crippen LogP contribution in [0.5, 0.6) is 0 Å². The zero-order chi connectivity index (χ0) is 26.3. The van der Waals surface area contributed by atoms with Gasteiger partial charge in [-0.3, -0.25) is 0 Å². The van der Waals surface area contributed by atoms with E-state index in [0.29, 0.717) is 13.2 Å². The summed E-state index contributed by atoms with van der Waals surface area (Å²) >= 11 is 0. The van der Waals surface area contributed by atoms with Crippen LogP contribution >= 0.6 is 0 Å². The number of carbonyl (C=O) groups is 3. The average Bonchev–Trinajstić information content (AvgIpc) is 3.17. The van der Waals surface area contributed by atoms with E-state index < -0.39 is 36.0 Å². The number of ether oxygens (including phenoxy) is 4. The van der Waals surface area contributed by atoms with Gasteiger partial charge in [0.05, 0.1) is 20.3 Å². The van der Waals surface area contributed by atoms with E-state index in [4.69, 9.17) is 18.9 Å². The number of nitrogens with zero attached hydrogens (tertiary/aromatic N) is 2. The second-order valence-corrected chi connectivity index (χ2v) is 9.54. The van der Waals surface area contributed by atoms with E-state index in [1.54, 1.807) is 20.8 Å². The van der Waals surface area contributed by atoms with Crippen LogP contribution in [-0.4, -0.2) is 67.8 Å². The van der Waals surface area contributed by atoms with Crippen molar-refractivity contribution in [3.8, 4) is 0 Å². The number of aryl methyl sites for hydroxylation is 3. The maximum absolute atomic E-state index is 12.2.